The van der Waals surface area contributed by atoms with Crippen LogP contribution in [0.3, 0.4) is 0 Å². The van der Waals surface area contributed by atoms with Crippen LogP contribution in [-0.4, -0.2) is 37.0 Å². The van der Waals surface area contributed by atoms with Gasteiger partial charge in [-0.1, -0.05) is 37.3 Å². The van der Waals surface area contributed by atoms with E-state index in [1.807, 2.05) is 13.0 Å². The number of piperidine rings is 1. The number of hydrogen-bond donors (Lipinski definition) is 1. The van der Waals surface area contributed by atoms with Crippen LogP contribution in [0.15, 0.2) is 36.9 Å². The SMILES string of the molecule is C=CCN1CC(C(=O)NCC)CC(c2ccc(CC)cc2)C1. The topological polar surface area (TPSA) is 32.3 Å². The smallest absolute Gasteiger partial charge is 0.224 e. The highest BCUT2D eigenvalue weighted by atomic mass is 16.1. The van der Waals surface area contributed by atoms with Gasteiger partial charge in [0, 0.05) is 26.2 Å². The van der Waals surface area contributed by atoms with Crippen LogP contribution in [0.2, 0.25) is 0 Å². The molecular weight excluding hydrogens is 272 g/mol. The maximum atomic E-state index is 12.3. The average molecular weight is 300 g/mol. The standard InChI is InChI=1S/C19H28N2O/c1-4-11-21-13-17(12-18(14-21)19(22)20-6-3)16-9-7-15(5-2)8-10-16/h4,7-10,17-18H,1,5-6,11-14H2,2-3H3,(H,20,22). The minimum absolute atomic E-state index is 0.0736. The molecule has 1 aromatic rings. The van der Waals surface area contributed by atoms with E-state index >= 15 is 0 Å². The summed E-state index contributed by atoms with van der Waals surface area (Å²) in [7, 11) is 0. The second kappa shape index (κ2) is 8.14. The van der Waals surface area contributed by atoms with E-state index in [1.165, 1.54) is 11.1 Å². The molecule has 2 unspecified atom stereocenters. The molecule has 3 nitrogen and oxygen atoms in total. The summed E-state index contributed by atoms with van der Waals surface area (Å²) in [6.07, 6.45) is 3.93. The summed E-state index contributed by atoms with van der Waals surface area (Å²) in [4.78, 5) is 14.6. The number of hydrogen-bond acceptors (Lipinski definition) is 2. The number of carbonyl (C=O) groups is 1. The molecule has 22 heavy (non-hydrogen) atoms. The summed E-state index contributed by atoms with van der Waals surface area (Å²) in [5.74, 6) is 0.683. The van der Waals surface area contributed by atoms with Crippen molar-refractivity contribution in [3.05, 3.63) is 48.0 Å². The molecule has 1 amide bonds. The summed E-state index contributed by atoms with van der Waals surface area (Å²) in [6.45, 7) is 11.4. The zero-order valence-electron chi connectivity index (χ0n) is 13.8. The fourth-order valence-electron chi connectivity index (χ4n) is 3.30. The molecule has 0 bridgehead atoms. The van der Waals surface area contributed by atoms with Gasteiger partial charge in [-0.25, -0.2) is 0 Å². The van der Waals surface area contributed by atoms with E-state index in [4.69, 9.17) is 0 Å². The van der Waals surface area contributed by atoms with Gasteiger partial charge >= 0.3 is 0 Å². The zero-order valence-corrected chi connectivity index (χ0v) is 13.8. The van der Waals surface area contributed by atoms with Crippen LogP contribution in [-0.2, 0) is 11.2 Å². The number of likely N-dealkylation sites (tertiary alicyclic amines) is 1. The molecule has 1 aromatic carbocycles. The van der Waals surface area contributed by atoms with E-state index in [0.717, 1.165) is 32.5 Å². The van der Waals surface area contributed by atoms with Gasteiger partial charge in [0.1, 0.15) is 0 Å². The molecule has 2 atom stereocenters. The van der Waals surface area contributed by atoms with E-state index in [9.17, 15) is 4.79 Å². The second-order valence-corrected chi connectivity index (χ2v) is 6.13. The highest BCUT2D eigenvalue weighted by Gasteiger charge is 2.31. The molecule has 2 rings (SSSR count). The Labute approximate surface area is 134 Å². The second-order valence-electron chi connectivity index (χ2n) is 6.13. The van der Waals surface area contributed by atoms with E-state index in [2.05, 4.69) is 48.0 Å². The number of rotatable bonds is 6. The fourth-order valence-corrected chi connectivity index (χ4v) is 3.30. The number of aryl methyl sites for hydroxylation is 1. The van der Waals surface area contributed by atoms with Gasteiger partial charge in [-0.05, 0) is 36.8 Å². The Balaban J connectivity index is 2.13. The minimum atomic E-state index is 0.0736. The van der Waals surface area contributed by atoms with Crippen LogP contribution in [0, 0.1) is 5.92 Å². The van der Waals surface area contributed by atoms with Gasteiger partial charge in [-0.2, -0.15) is 0 Å². The molecule has 1 heterocycles. The summed E-state index contributed by atoms with van der Waals surface area (Å²) in [5, 5.41) is 2.98. The Morgan fingerprint density at radius 3 is 2.64 bits per heavy atom. The predicted octanol–water partition coefficient (Wildman–Crippen LogP) is 2.98. The van der Waals surface area contributed by atoms with Crippen LogP contribution in [0.4, 0.5) is 0 Å². The molecule has 0 radical (unpaired) electrons. The van der Waals surface area contributed by atoms with Gasteiger partial charge < -0.3 is 5.32 Å². The first kappa shape index (κ1) is 16.8. The summed E-state index contributed by atoms with van der Waals surface area (Å²) >= 11 is 0. The highest BCUT2D eigenvalue weighted by Crippen LogP contribution is 2.30. The van der Waals surface area contributed by atoms with Crippen molar-refractivity contribution in [1.82, 2.24) is 10.2 Å². The Bertz CT molecular complexity index is 495. The minimum Gasteiger partial charge on any atom is -0.356 e. The van der Waals surface area contributed by atoms with Crippen LogP contribution >= 0.6 is 0 Å². The van der Waals surface area contributed by atoms with Crippen LogP contribution in [0.5, 0.6) is 0 Å². The van der Waals surface area contributed by atoms with E-state index in [1.54, 1.807) is 0 Å². The molecule has 0 spiro atoms. The van der Waals surface area contributed by atoms with Crippen molar-refractivity contribution in [2.75, 3.05) is 26.2 Å². The molecule has 0 saturated carbocycles. The van der Waals surface area contributed by atoms with E-state index < -0.39 is 0 Å². The van der Waals surface area contributed by atoms with Gasteiger partial charge in [0.05, 0.1) is 5.92 Å². The van der Waals surface area contributed by atoms with Crippen molar-refractivity contribution in [3.63, 3.8) is 0 Å². The van der Waals surface area contributed by atoms with E-state index in [-0.39, 0.29) is 11.8 Å². The quantitative estimate of drug-likeness (QED) is 0.819. The maximum absolute atomic E-state index is 12.3. The van der Waals surface area contributed by atoms with Crippen LogP contribution < -0.4 is 5.32 Å². The van der Waals surface area contributed by atoms with Gasteiger partial charge in [0.2, 0.25) is 5.91 Å². The Kier molecular flexibility index (Phi) is 6.20. The Hall–Kier alpha value is -1.61. The molecule has 1 fully saturated rings. The van der Waals surface area contributed by atoms with Gasteiger partial charge in [-0.3, -0.25) is 9.69 Å². The lowest BCUT2D eigenvalue weighted by molar-refractivity contribution is -0.126. The summed E-state index contributed by atoms with van der Waals surface area (Å²) in [6, 6.07) is 8.89. The molecule has 0 aromatic heterocycles. The number of benzene rings is 1. The van der Waals surface area contributed by atoms with Gasteiger partial charge in [0.25, 0.3) is 0 Å². The molecular formula is C19H28N2O. The Morgan fingerprint density at radius 1 is 1.32 bits per heavy atom. The summed E-state index contributed by atoms with van der Waals surface area (Å²) in [5.41, 5.74) is 2.71. The fraction of sp³-hybridized carbons (Fsp3) is 0.526. The number of nitrogens with zero attached hydrogens (tertiary/aromatic N) is 1. The summed E-state index contributed by atoms with van der Waals surface area (Å²) < 4.78 is 0. The molecule has 0 aliphatic carbocycles. The third-order valence-corrected chi connectivity index (χ3v) is 4.49. The number of amides is 1. The van der Waals surface area contributed by atoms with Gasteiger partial charge in [-0.15, -0.1) is 6.58 Å². The molecule has 1 aliphatic rings. The molecule has 120 valence electrons. The van der Waals surface area contributed by atoms with Gasteiger partial charge in [0.15, 0.2) is 0 Å². The molecule has 3 heteroatoms. The van der Waals surface area contributed by atoms with Crippen molar-refractivity contribution in [2.24, 2.45) is 5.92 Å². The van der Waals surface area contributed by atoms with E-state index in [0.29, 0.717) is 12.5 Å². The number of carbonyl (C=O) groups excluding carboxylic acids is 1. The normalized spacial score (nSPS) is 22.3. The molecule has 1 N–H and O–H groups in total. The predicted molar refractivity (Wildman–Crippen MR) is 92.0 cm³/mol. The third kappa shape index (κ3) is 4.20. The first-order valence-corrected chi connectivity index (χ1v) is 8.37. The third-order valence-electron chi connectivity index (χ3n) is 4.49. The lowest BCUT2D eigenvalue weighted by Gasteiger charge is -2.37. The largest absolute Gasteiger partial charge is 0.356 e. The average Bonchev–Trinajstić information content (AvgIpc) is 2.55. The highest BCUT2D eigenvalue weighted by molar-refractivity contribution is 5.79. The zero-order chi connectivity index (χ0) is 15.9. The van der Waals surface area contributed by atoms with Crippen LogP contribution in [0.25, 0.3) is 0 Å². The van der Waals surface area contributed by atoms with Crippen molar-refractivity contribution in [2.45, 2.75) is 32.6 Å². The molecule has 1 aliphatic heterocycles. The Morgan fingerprint density at radius 2 is 2.05 bits per heavy atom. The van der Waals surface area contributed by atoms with Crippen molar-refractivity contribution in [1.29, 1.82) is 0 Å². The van der Waals surface area contributed by atoms with Crippen molar-refractivity contribution >= 4 is 5.91 Å². The number of nitrogens with one attached hydrogen (secondary N) is 1. The first-order chi connectivity index (χ1) is 10.7. The maximum Gasteiger partial charge on any atom is 0.224 e. The lowest BCUT2D eigenvalue weighted by atomic mass is 9.83. The van der Waals surface area contributed by atoms with Crippen molar-refractivity contribution < 1.29 is 4.79 Å². The molecule has 1 saturated heterocycles. The van der Waals surface area contributed by atoms with Crippen molar-refractivity contribution in [3.8, 4) is 0 Å². The lowest BCUT2D eigenvalue weighted by Crippen LogP contribution is -2.45. The monoisotopic (exact) mass is 300 g/mol. The first-order valence-electron chi connectivity index (χ1n) is 8.37. The van der Waals surface area contributed by atoms with Crippen LogP contribution in [0.1, 0.15) is 37.3 Å².